The lowest BCUT2D eigenvalue weighted by molar-refractivity contribution is -0.120. The summed E-state index contributed by atoms with van der Waals surface area (Å²) in [7, 11) is -1.74. The first-order valence-electron chi connectivity index (χ1n) is 11.0. The van der Waals surface area contributed by atoms with E-state index in [2.05, 4.69) is 10.2 Å². The number of benzene rings is 1. The number of piperidine rings is 1. The molecule has 164 valence electrons. The normalized spacial score (nSPS) is 15.7. The number of nitrogens with zero attached hydrogens (tertiary/aromatic N) is 2. The molecule has 29 heavy (non-hydrogen) atoms. The molecule has 0 radical (unpaired) electrons. The van der Waals surface area contributed by atoms with E-state index in [1.807, 2.05) is 26.0 Å². The molecule has 0 aliphatic carbocycles. The number of nitrogens with one attached hydrogen (secondary N) is 1. The van der Waals surface area contributed by atoms with Gasteiger partial charge in [0.15, 0.2) is 0 Å². The molecule has 1 fully saturated rings. The maximum Gasteiger partial charge on any atom is 0.243 e. The predicted octanol–water partition coefficient (Wildman–Crippen LogP) is 3.63. The Kier molecular flexibility index (Phi) is 9.43. The third-order valence-electron chi connectivity index (χ3n) is 5.70. The second-order valence-electron chi connectivity index (χ2n) is 7.89. The van der Waals surface area contributed by atoms with Gasteiger partial charge in [0.25, 0.3) is 0 Å². The SMILES string of the molecule is CCCN(CCC)S(=O)(=O)c1ccc(N2CCC(CCCC(=O)NC)CC2)cc1. The number of amides is 1. The van der Waals surface area contributed by atoms with E-state index >= 15 is 0 Å². The molecule has 7 heteroatoms. The van der Waals surface area contributed by atoms with Crippen LogP contribution in [0, 0.1) is 5.92 Å². The average Bonchev–Trinajstić information content (AvgIpc) is 2.74. The summed E-state index contributed by atoms with van der Waals surface area (Å²) < 4.78 is 27.4. The van der Waals surface area contributed by atoms with Gasteiger partial charge < -0.3 is 10.2 Å². The monoisotopic (exact) mass is 423 g/mol. The summed E-state index contributed by atoms with van der Waals surface area (Å²) in [6, 6.07) is 7.38. The Morgan fingerprint density at radius 1 is 1.10 bits per heavy atom. The standard InChI is InChI=1S/C22H37N3O3S/c1-4-15-25(16-5-2)29(27,28)21-11-9-20(10-12-21)24-17-13-19(14-18-24)7-6-8-22(26)23-3/h9-12,19H,4-8,13-18H2,1-3H3,(H,23,26). The maximum atomic E-state index is 12.9. The molecule has 1 aromatic rings. The van der Waals surface area contributed by atoms with Gasteiger partial charge >= 0.3 is 0 Å². The van der Waals surface area contributed by atoms with Crippen molar-refractivity contribution in [3.8, 4) is 0 Å². The molecule has 0 atom stereocenters. The topological polar surface area (TPSA) is 69.7 Å². The van der Waals surface area contributed by atoms with Gasteiger partial charge in [0.2, 0.25) is 15.9 Å². The minimum absolute atomic E-state index is 0.119. The molecule has 6 nitrogen and oxygen atoms in total. The van der Waals surface area contributed by atoms with Gasteiger partial charge in [0.05, 0.1) is 4.90 Å². The molecule has 0 unspecified atom stereocenters. The lowest BCUT2D eigenvalue weighted by Gasteiger charge is -2.33. The predicted molar refractivity (Wildman–Crippen MR) is 119 cm³/mol. The van der Waals surface area contributed by atoms with Crippen LogP contribution in [0.15, 0.2) is 29.2 Å². The first kappa shape index (κ1) is 23.7. The fourth-order valence-electron chi connectivity index (χ4n) is 3.99. The summed E-state index contributed by atoms with van der Waals surface area (Å²) in [5, 5.41) is 2.67. The highest BCUT2D eigenvalue weighted by Crippen LogP contribution is 2.28. The second-order valence-corrected chi connectivity index (χ2v) is 9.83. The minimum atomic E-state index is -3.42. The summed E-state index contributed by atoms with van der Waals surface area (Å²) in [4.78, 5) is 14.1. The van der Waals surface area contributed by atoms with E-state index in [4.69, 9.17) is 0 Å². The summed E-state index contributed by atoms with van der Waals surface area (Å²) in [6.07, 6.45) is 6.53. The van der Waals surface area contributed by atoms with Crippen LogP contribution in [0.3, 0.4) is 0 Å². The quantitative estimate of drug-likeness (QED) is 0.590. The average molecular weight is 424 g/mol. The number of hydrogen-bond donors (Lipinski definition) is 1. The molecular formula is C22H37N3O3S. The zero-order valence-electron chi connectivity index (χ0n) is 18.2. The van der Waals surface area contributed by atoms with E-state index in [0.717, 1.165) is 57.3 Å². The van der Waals surface area contributed by atoms with Gasteiger partial charge in [0, 0.05) is 45.3 Å². The number of anilines is 1. The zero-order valence-corrected chi connectivity index (χ0v) is 19.0. The van der Waals surface area contributed by atoms with Crippen LogP contribution < -0.4 is 10.2 Å². The van der Waals surface area contributed by atoms with Crippen molar-refractivity contribution in [2.45, 2.75) is 63.7 Å². The van der Waals surface area contributed by atoms with Crippen molar-refractivity contribution in [1.29, 1.82) is 0 Å². The molecule has 1 N–H and O–H groups in total. The van der Waals surface area contributed by atoms with E-state index in [9.17, 15) is 13.2 Å². The fraction of sp³-hybridized carbons (Fsp3) is 0.682. The van der Waals surface area contributed by atoms with Crippen LogP contribution in [0.5, 0.6) is 0 Å². The van der Waals surface area contributed by atoms with E-state index in [1.165, 1.54) is 0 Å². The third kappa shape index (κ3) is 6.71. The highest BCUT2D eigenvalue weighted by atomic mass is 32.2. The van der Waals surface area contributed by atoms with Gasteiger partial charge in [-0.1, -0.05) is 13.8 Å². The highest BCUT2D eigenvalue weighted by molar-refractivity contribution is 7.89. The molecule has 0 saturated carbocycles. The van der Waals surface area contributed by atoms with Crippen molar-refractivity contribution in [3.63, 3.8) is 0 Å². The number of hydrogen-bond acceptors (Lipinski definition) is 4. The molecule has 1 heterocycles. The van der Waals surface area contributed by atoms with E-state index in [0.29, 0.717) is 30.3 Å². The number of rotatable bonds is 11. The summed E-state index contributed by atoms with van der Waals surface area (Å²) in [6.45, 7) is 7.09. The van der Waals surface area contributed by atoms with Gasteiger partial charge in [-0.2, -0.15) is 4.31 Å². The van der Waals surface area contributed by atoms with Crippen molar-refractivity contribution in [2.75, 3.05) is 38.1 Å². The van der Waals surface area contributed by atoms with Gasteiger partial charge in [-0.05, 0) is 68.7 Å². The first-order chi connectivity index (χ1) is 13.9. The maximum absolute atomic E-state index is 12.9. The Bertz CT molecular complexity index is 720. The Labute approximate surface area is 176 Å². The van der Waals surface area contributed by atoms with Crippen LogP contribution >= 0.6 is 0 Å². The molecule has 1 amide bonds. The van der Waals surface area contributed by atoms with Crippen LogP contribution in [0.25, 0.3) is 0 Å². The summed E-state index contributed by atoms with van der Waals surface area (Å²) in [5.74, 6) is 0.793. The number of carbonyl (C=O) groups is 1. The molecule has 2 rings (SSSR count). The summed E-state index contributed by atoms with van der Waals surface area (Å²) in [5.41, 5.74) is 1.09. The smallest absolute Gasteiger partial charge is 0.243 e. The van der Waals surface area contributed by atoms with Crippen molar-refractivity contribution < 1.29 is 13.2 Å². The Balaban J connectivity index is 1.91. The van der Waals surface area contributed by atoms with Gasteiger partial charge in [-0.15, -0.1) is 0 Å². The van der Waals surface area contributed by atoms with Crippen molar-refractivity contribution in [1.82, 2.24) is 9.62 Å². The molecule has 0 aromatic heterocycles. The molecule has 1 aromatic carbocycles. The van der Waals surface area contributed by atoms with E-state index in [1.54, 1.807) is 23.5 Å². The van der Waals surface area contributed by atoms with Gasteiger partial charge in [0.1, 0.15) is 0 Å². The van der Waals surface area contributed by atoms with E-state index < -0.39 is 10.0 Å². The lowest BCUT2D eigenvalue weighted by Crippen LogP contribution is -2.34. The Morgan fingerprint density at radius 2 is 1.69 bits per heavy atom. The molecule has 1 saturated heterocycles. The Hall–Kier alpha value is -1.60. The lowest BCUT2D eigenvalue weighted by atomic mass is 9.91. The fourth-order valence-corrected chi connectivity index (χ4v) is 5.61. The van der Waals surface area contributed by atoms with E-state index in [-0.39, 0.29) is 5.91 Å². The summed E-state index contributed by atoms with van der Waals surface area (Å²) >= 11 is 0. The molecule has 0 spiro atoms. The largest absolute Gasteiger partial charge is 0.372 e. The second kappa shape index (κ2) is 11.6. The molecular weight excluding hydrogens is 386 g/mol. The van der Waals surface area contributed by atoms with Crippen molar-refractivity contribution in [2.24, 2.45) is 5.92 Å². The minimum Gasteiger partial charge on any atom is -0.372 e. The first-order valence-corrected chi connectivity index (χ1v) is 12.4. The van der Waals surface area contributed by atoms with Crippen LogP contribution in [0.4, 0.5) is 5.69 Å². The van der Waals surface area contributed by atoms with Gasteiger partial charge in [-0.25, -0.2) is 8.42 Å². The molecule has 0 bridgehead atoms. The van der Waals surface area contributed by atoms with Gasteiger partial charge in [-0.3, -0.25) is 4.79 Å². The molecule has 1 aliphatic rings. The van der Waals surface area contributed by atoms with Crippen molar-refractivity contribution >= 4 is 21.6 Å². The highest BCUT2D eigenvalue weighted by Gasteiger charge is 2.24. The van der Waals surface area contributed by atoms with Crippen LogP contribution in [-0.2, 0) is 14.8 Å². The third-order valence-corrected chi connectivity index (χ3v) is 7.61. The van der Waals surface area contributed by atoms with Crippen molar-refractivity contribution in [3.05, 3.63) is 24.3 Å². The molecule has 1 aliphatic heterocycles. The Morgan fingerprint density at radius 3 is 2.21 bits per heavy atom. The zero-order chi connectivity index (χ0) is 21.3. The number of carbonyl (C=O) groups excluding carboxylic acids is 1. The van der Waals surface area contributed by atoms with Crippen LogP contribution in [0.2, 0.25) is 0 Å². The van der Waals surface area contributed by atoms with Crippen LogP contribution in [0.1, 0.15) is 58.8 Å². The van der Waals surface area contributed by atoms with Crippen LogP contribution in [-0.4, -0.2) is 51.9 Å². The number of sulfonamides is 1.